The first-order valence-corrected chi connectivity index (χ1v) is 8.47. The molecule has 0 aromatic heterocycles. The second kappa shape index (κ2) is 7.90. The molecule has 0 aromatic rings. The van der Waals surface area contributed by atoms with E-state index in [0.717, 1.165) is 12.3 Å². The fraction of sp³-hybridized carbons (Fsp3) is 0.941. The van der Waals surface area contributed by atoms with Gasteiger partial charge in [-0.15, -0.1) is 0 Å². The number of nitrogens with one attached hydrogen (secondary N) is 1. The molecule has 0 spiro atoms. The molecule has 1 N–H and O–H groups in total. The highest BCUT2D eigenvalue weighted by Crippen LogP contribution is 2.28. The lowest BCUT2D eigenvalue weighted by Gasteiger charge is -2.30. The van der Waals surface area contributed by atoms with Crippen LogP contribution in [0.4, 0.5) is 0 Å². The maximum atomic E-state index is 9.36. The van der Waals surface area contributed by atoms with Gasteiger partial charge in [0.2, 0.25) is 0 Å². The Morgan fingerprint density at radius 3 is 2.16 bits per heavy atom. The zero-order chi connectivity index (χ0) is 13.5. The van der Waals surface area contributed by atoms with Crippen LogP contribution in [-0.4, -0.2) is 12.1 Å². The van der Waals surface area contributed by atoms with E-state index in [4.69, 9.17) is 0 Å². The first-order valence-electron chi connectivity index (χ1n) is 8.47. The Balaban J connectivity index is 1.88. The highest BCUT2D eigenvalue weighted by atomic mass is 15.0. The van der Waals surface area contributed by atoms with Gasteiger partial charge in [-0.3, -0.25) is 0 Å². The van der Waals surface area contributed by atoms with E-state index < -0.39 is 0 Å². The maximum Gasteiger partial charge on any atom is 0.0672 e. The number of hydrogen-bond acceptors (Lipinski definition) is 2. The maximum absolute atomic E-state index is 9.36. The molecule has 108 valence electrons. The standard InChI is InChI=1S/C17H30N2/c1-14(15-9-5-2-3-6-10-15)19-17-12-8-4-7-11-16(17)13-18/h14-17,19H,2-12H2,1H3/t14-,16?,17?/m1/s1. The van der Waals surface area contributed by atoms with Gasteiger partial charge in [0.05, 0.1) is 12.0 Å². The Morgan fingerprint density at radius 1 is 0.895 bits per heavy atom. The molecule has 2 nitrogen and oxygen atoms in total. The van der Waals surface area contributed by atoms with Crippen LogP contribution < -0.4 is 5.32 Å². The predicted octanol–water partition coefficient (Wildman–Crippen LogP) is 4.41. The van der Waals surface area contributed by atoms with Gasteiger partial charge in [-0.2, -0.15) is 5.26 Å². The van der Waals surface area contributed by atoms with Crippen molar-refractivity contribution in [2.45, 2.75) is 89.6 Å². The van der Waals surface area contributed by atoms with Crippen molar-refractivity contribution in [2.24, 2.45) is 11.8 Å². The molecule has 0 bridgehead atoms. The molecule has 0 saturated heterocycles. The quantitative estimate of drug-likeness (QED) is 0.765. The lowest BCUT2D eigenvalue weighted by molar-refractivity contribution is 0.276. The fourth-order valence-electron chi connectivity index (χ4n) is 3.95. The summed E-state index contributed by atoms with van der Waals surface area (Å²) in [4.78, 5) is 0. The third-order valence-electron chi connectivity index (χ3n) is 5.27. The fourth-order valence-corrected chi connectivity index (χ4v) is 3.95. The zero-order valence-corrected chi connectivity index (χ0v) is 12.5. The van der Waals surface area contributed by atoms with Crippen molar-refractivity contribution in [3.8, 4) is 6.07 Å². The normalized spacial score (nSPS) is 32.0. The summed E-state index contributed by atoms with van der Waals surface area (Å²) >= 11 is 0. The van der Waals surface area contributed by atoms with Gasteiger partial charge in [-0.25, -0.2) is 0 Å². The molecule has 2 saturated carbocycles. The van der Waals surface area contributed by atoms with E-state index in [2.05, 4.69) is 18.3 Å². The largest absolute Gasteiger partial charge is 0.310 e. The third kappa shape index (κ3) is 4.49. The van der Waals surface area contributed by atoms with Crippen molar-refractivity contribution >= 4 is 0 Å². The van der Waals surface area contributed by atoms with Gasteiger partial charge < -0.3 is 5.32 Å². The molecule has 2 fully saturated rings. The number of nitrogens with zero attached hydrogens (tertiary/aromatic N) is 1. The Morgan fingerprint density at radius 2 is 1.47 bits per heavy atom. The molecule has 2 rings (SSSR count). The summed E-state index contributed by atoms with van der Waals surface area (Å²) in [7, 11) is 0. The summed E-state index contributed by atoms with van der Waals surface area (Å²) in [6.07, 6.45) is 14.6. The molecule has 2 aliphatic carbocycles. The summed E-state index contributed by atoms with van der Waals surface area (Å²) in [5, 5.41) is 13.2. The van der Waals surface area contributed by atoms with Crippen molar-refractivity contribution in [2.75, 3.05) is 0 Å². The van der Waals surface area contributed by atoms with Crippen molar-refractivity contribution in [1.29, 1.82) is 5.26 Å². The molecular formula is C17H30N2. The zero-order valence-electron chi connectivity index (χ0n) is 12.5. The van der Waals surface area contributed by atoms with Gasteiger partial charge in [-0.1, -0.05) is 44.9 Å². The van der Waals surface area contributed by atoms with Crippen molar-refractivity contribution in [3.63, 3.8) is 0 Å². The van der Waals surface area contributed by atoms with Crippen LogP contribution in [0.1, 0.15) is 77.6 Å². The summed E-state index contributed by atoms with van der Waals surface area (Å²) in [5.41, 5.74) is 0. The molecule has 0 amide bonds. The van der Waals surface area contributed by atoms with Gasteiger partial charge in [0.25, 0.3) is 0 Å². The number of rotatable bonds is 3. The minimum absolute atomic E-state index is 0.246. The SMILES string of the molecule is C[C@@H](NC1CCCCCC1C#N)C1CCCCCC1. The van der Waals surface area contributed by atoms with Crippen LogP contribution in [-0.2, 0) is 0 Å². The lowest BCUT2D eigenvalue weighted by Crippen LogP contribution is -2.44. The van der Waals surface area contributed by atoms with Gasteiger partial charge in [0.1, 0.15) is 0 Å². The second-order valence-electron chi connectivity index (χ2n) is 6.69. The molecule has 0 aromatic carbocycles. The Hall–Kier alpha value is -0.550. The molecule has 0 radical (unpaired) electrons. The van der Waals surface area contributed by atoms with Crippen molar-refractivity contribution in [3.05, 3.63) is 0 Å². The van der Waals surface area contributed by atoms with Crippen LogP contribution in [0.2, 0.25) is 0 Å². The van der Waals surface area contributed by atoms with E-state index in [-0.39, 0.29) is 5.92 Å². The highest BCUT2D eigenvalue weighted by Gasteiger charge is 2.27. The van der Waals surface area contributed by atoms with Crippen LogP contribution in [0.15, 0.2) is 0 Å². The Labute approximate surface area is 119 Å². The number of hydrogen-bond donors (Lipinski definition) is 1. The molecule has 19 heavy (non-hydrogen) atoms. The molecule has 2 unspecified atom stereocenters. The van der Waals surface area contributed by atoms with E-state index in [9.17, 15) is 5.26 Å². The number of nitriles is 1. The summed E-state index contributed by atoms with van der Waals surface area (Å²) in [6, 6.07) is 3.60. The monoisotopic (exact) mass is 262 g/mol. The van der Waals surface area contributed by atoms with E-state index >= 15 is 0 Å². The van der Waals surface area contributed by atoms with E-state index in [1.165, 1.54) is 64.2 Å². The first-order chi connectivity index (χ1) is 9.31. The Kier molecular flexibility index (Phi) is 6.17. The van der Waals surface area contributed by atoms with Gasteiger partial charge in [0.15, 0.2) is 0 Å². The smallest absolute Gasteiger partial charge is 0.0672 e. The van der Waals surface area contributed by atoms with E-state index in [1.807, 2.05) is 0 Å². The van der Waals surface area contributed by atoms with Crippen molar-refractivity contribution < 1.29 is 0 Å². The van der Waals surface area contributed by atoms with Crippen molar-refractivity contribution in [1.82, 2.24) is 5.32 Å². The van der Waals surface area contributed by atoms with Crippen LogP contribution in [0, 0.1) is 23.2 Å². The van der Waals surface area contributed by atoms with Crippen LogP contribution in [0.5, 0.6) is 0 Å². The molecule has 2 aliphatic rings. The topological polar surface area (TPSA) is 35.8 Å². The average molecular weight is 262 g/mol. The average Bonchev–Trinajstić information content (AvgIpc) is 2.80. The van der Waals surface area contributed by atoms with Gasteiger partial charge in [0, 0.05) is 12.1 Å². The molecular weight excluding hydrogens is 232 g/mol. The van der Waals surface area contributed by atoms with Crippen LogP contribution in [0.3, 0.4) is 0 Å². The summed E-state index contributed by atoms with van der Waals surface area (Å²) in [5.74, 6) is 1.08. The lowest BCUT2D eigenvalue weighted by atomic mass is 9.89. The predicted molar refractivity (Wildman–Crippen MR) is 79.8 cm³/mol. The highest BCUT2D eigenvalue weighted by molar-refractivity contribution is 4.95. The van der Waals surface area contributed by atoms with E-state index in [0.29, 0.717) is 12.1 Å². The van der Waals surface area contributed by atoms with Crippen LogP contribution >= 0.6 is 0 Å². The van der Waals surface area contributed by atoms with Crippen LogP contribution in [0.25, 0.3) is 0 Å². The first kappa shape index (κ1) is 14.9. The molecule has 0 aliphatic heterocycles. The minimum Gasteiger partial charge on any atom is -0.310 e. The Bertz CT molecular complexity index is 286. The third-order valence-corrected chi connectivity index (χ3v) is 5.27. The molecule has 3 atom stereocenters. The summed E-state index contributed by atoms with van der Waals surface area (Å²) in [6.45, 7) is 2.36. The van der Waals surface area contributed by atoms with Gasteiger partial charge in [-0.05, 0) is 38.5 Å². The molecule has 0 heterocycles. The van der Waals surface area contributed by atoms with Gasteiger partial charge >= 0.3 is 0 Å². The van der Waals surface area contributed by atoms with E-state index in [1.54, 1.807) is 0 Å². The minimum atomic E-state index is 0.246. The summed E-state index contributed by atoms with van der Waals surface area (Å²) < 4.78 is 0. The molecule has 2 heteroatoms. The second-order valence-corrected chi connectivity index (χ2v) is 6.69.